The Hall–Kier alpha value is -0.570. The smallest absolute Gasteiger partial charge is 0.0896 e. The maximum Gasteiger partial charge on any atom is 0.0896 e. The summed E-state index contributed by atoms with van der Waals surface area (Å²) in [5.74, 6) is -0.981. The van der Waals surface area contributed by atoms with E-state index in [1.165, 1.54) is 19.3 Å². The molecule has 0 aromatic carbocycles. The van der Waals surface area contributed by atoms with Crippen LogP contribution in [-0.4, -0.2) is 12.0 Å². The van der Waals surface area contributed by atoms with Gasteiger partial charge >= 0.3 is 0 Å². The fraction of sp³-hybridized carbons (Fsp3) is 0.889. The highest BCUT2D eigenvalue weighted by molar-refractivity contribution is 5.64. The minimum atomic E-state index is -0.981. The fourth-order valence-corrected chi connectivity index (χ4v) is 1.20. The van der Waals surface area contributed by atoms with Gasteiger partial charge in [0.25, 0.3) is 0 Å². The highest BCUT2D eigenvalue weighted by atomic mass is 16.4. The molecule has 0 radical (unpaired) electrons. The van der Waals surface area contributed by atoms with Crippen molar-refractivity contribution in [2.75, 3.05) is 0 Å². The maximum absolute atomic E-state index is 10.1. The number of hydrogen-bond donors (Lipinski definition) is 1. The van der Waals surface area contributed by atoms with E-state index >= 15 is 0 Å². The molecule has 0 aliphatic heterocycles. The number of carbonyl (C=O) groups excluding carboxylic acids is 1. The quantitative estimate of drug-likeness (QED) is 0.537. The lowest BCUT2D eigenvalue weighted by molar-refractivity contribution is -0.425. The number of carboxylic acid groups (broad SMARTS) is 1. The molecular weight excluding hydrogens is 154 g/mol. The molecule has 0 rings (SSSR count). The van der Waals surface area contributed by atoms with Crippen molar-refractivity contribution in [2.24, 2.45) is 0 Å². The molecule has 0 aliphatic rings. The Bertz CT molecular complexity index is 126. The Morgan fingerprint density at radius 3 is 2.58 bits per heavy atom. The Morgan fingerprint density at radius 1 is 1.42 bits per heavy atom. The average molecular weight is 173 g/mol. The third-order valence-corrected chi connectivity index (χ3v) is 1.92. The van der Waals surface area contributed by atoms with E-state index in [-0.39, 0.29) is 12.5 Å². The van der Waals surface area contributed by atoms with Gasteiger partial charge in [-0.1, -0.05) is 26.2 Å². The predicted octanol–water partition coefficient (Wildman–Crippen LogP) is -0.293. The largest absolute Gasteiger partial charge is 0.550 e. The van der Waals surface area contributed by atoms with E-state index in [9.17, 15) is 9.90 Å². The standard InChI is InChI=1S/C9H19NO2/c1-2-3-4-5-6-8(10)7-9(11)12/h8H,2-7,10H2,1H3,(H,11,12)/t8-/m1/s1. The molecule has 1 atom stereocenters. The molecule has 3 nitrogen and oxygen atoms in total. The molecule has 0 heterocycles. The third-order valence-electron chi connectivity index (χ3n) is 1.92. The van der Waals surface area contributed by atoms with Crippen LogP contribution in [0.4, 0.5) is 0 Å². The Balaban J connectivity index is 3.19. The summed E-state index contributed by atoms with van der Waals surface area (Å²) < 4.78 is 0. The molecular formula is C9H19NO2. The minimum absolute atomic E-state index is 0.0341. The van der Waals surface area contributed by atoms with Gasteiger partial charge in [-0.2, -0.15) is 0 Å². The molecule has 0 aromatic rings. The number of carbonyl (C=O) groups is 1. The van der Waals surface area contributed by atoms with Crippen molar-refractivity contribution in [2.45, 2.75) is 51.5 Å². The van der Waals surface area contributed by atoms with E-state index in [0.29, 0.717) is 0 Å². The lowest BCUT2D eigenvalue weighted by atomic mass is 10.1. The fourth-order valence-electron chi connectivity index (χ4n) is 1.20. The second kappa shape index (κ2) is 7.10. The SMILES string of the molecule is CCCCCC[C@@H]([NH3+])CC(=O)[O-]. The molecule has 0 fully saturated rings. The molecule has 0 spiro atoms. The van der Waals surface area contributed by atoms with Crippen LogP contribution in [0.1, 0.15) is 45.4 Å². The summed E-state index contributed by atoms with van der Waals surface area (Å²) in [4.78, 5) is 10.1. The van der Waals surface area contributed by atoms with Crippen molar-refractivity contribution in [3.8, 4) is 0 Å². The van der Waals surface area contributed by atoms with Crippen molar-refractivity contribution in [3.63, 3.8) is 0 Å². The van der Waals surface area contributed by atoms with E-state index in [1.807, 2.05) is 0 Å². The molecule has 12 heavy (non-hydrogen) atoms. The summed E-state index contributed by atoms with van der Waals surface area (Å²) >= 11 is 0. The second-order valence-corrected chi connectivity index (χ2v) is 3.29. The summed E-state index contributed by atoms with van der Waals surface area (Å²) in [5, 5.41) is 10.1. The Morgan fingerprint density at radius 2 is 2.08 bits per heavy atom. The number of carboxylic acids is 1. The van der Waals surface area contributed by atoms with Crippen LogP contribution >= 0.6 is 0 Å². The number of rotatable bonds is 7. The first-order valence-electron chi connectivity index (χ1n) is 4.69. The second-order valence-electron chi connectivity index (χ2n) is 3.29. The van der Waals surface area contributed by atoms with Gasteiger partial charge in [0.2, 0.25) is 0 Å². The third kappa shape index (κ3) is 7.54. The van der Waals surface area contributed by atoms with E-state index in [2.05, 4.69) is 12.7 Å². The van der Waals surface area contributed by atoms with Gasteiger partial charge in [-0.25, -0.2) is 0 Å². The molecule has 3 N–H and O–H groups in total. The first kappa shape index (κ1) is 11.4. The monoisotopic (exact) mass is 173 g/mol. The van der Waals surface area contributed by atoms with Crippen LogP contribution in [0, 0.1) is 0 Å². The van der Waals surface area contributed by atoms with Crippen LogP contribution in [-0.2, 0) is 4.79 Å². The normalized spacial score (nSPS) is 12.8. The van der Waals surface area contributed by atoms with E-state index in [1.54, 1.807) is 0 Å². The number of aliphatic carboxylic acids is 1. The molecule has 0 unspecified atom stereocenters. The van der Waals surface area contributed by atoms with Crippen molar-refractivity contribution < 1.29 is 15.6 Å². The van der Waals surface area contributed by atoms with Crippen LogP contribution in [0.25, 0.3) is 0 Å². The van der Waals surface area contributed by atoms with Crippen molar-refractivity contribution in [1.82, 2.24) is 0 Å². The van der Waals surface area contributed by atoms with E-state index in [0.717, 1.165) is 12.8 Å². The molecule has 0 saturated carbocycles. The van der Waals surface area contributed by atoms with Gasteiger partial charge in [-0.05, 0) is 12.8 Å². The number of hydrogen-bond acceptors (Lipinski definition) is 2. The lowest BCUT2D eigenvalue weighted by Crippen LogP contribution is -2.62. The minimum Gasteiger partial charge on any atom is -0.550 e. The average Bonchev–Trinajstić information content (AvgIpc) is 1.97. The van der Waals surface area contributed by atoms with Crippen LogP contribution in [0.3, 0.4) is 0 Å². The summed E-state index contributed by atoms with van der Waals surface area (Å²) in [6, 6.07) is 0.0341. The summed E-state index contributed by atoms with van der Waals surface area (Å²) in [6.45, 7) is 2.16. The molecule has 72 valence electrons. The van der Waals surface area contributed by atoms with Crippen LogP contribution < -0.4 is 10.8 Å². The van der Waals surface area contributed by atoms with Crippen LogP contribution in [0.2, 0.25) is 0 Å². The molecule has 0 amide bonds. The van der Waals surface area contributed by atoms with Crippen LogP contribution in [0.15, 0.2) is 0 Å². The highest BCUT2D eigenvalue weighted by Gasteiger charge is 2.05. The summed E-state index contributed by atoms with van der Waals surface area (Å²) in [7, 11) is 0. The van der Waals surface area contributed by atoms with Gasteiger partial charge < -0.3 is 15.6 Å². The molecule has 3 heteroatoms. The Labute approximate surface area is 74.0 Å². The number of quaternary nitrogens is 1. The molecule has 0 bridgehead atoms. The van der Waals surface area contributed by atoms with Gasteiger partial charge in [-0.3, -0.25) is 0 Å². The van der Waals surface area contributed by atoms with Gasteiger partial charge in [-0.15, -0.1) is 0 Å². The summed E-state index contributed by atoms with van der Waals surface area (Å²) in [6.07, 6.45) is 5.74. The zero-order chi connectivity index (χ0) is 9.40. The maximum atomic E-state index is 10.1. The highest BCUT2D eigenvalue weighted by Crippen LogP contribution is 2.04. The zero-order valence-corrected chi connectivity index (χ0v) is 7.84. The van der Waals surface area contributed by atoms with E-state index in [4.69, 9.17) is 0 Å². The van der Waals surface area contributed by atoms with Crippen molar-refractivity contribution in [1.29, 1.82) is 0 Å². The van der Waals surface area contributed by atoms with Gasteiger partial charge in [0.15, 0.2) is 0 Å². The first-order chi connectivity index (χ1) is 5.66. The predicted molar refractivity (Wildman–Crippen MR) is 45.1 cm³/mol. The molecule has 0 saturated heterocycles. The molecule has 0 aliphatic carbocycles. The van der Waals surface area contributed by atoms with Crippen molar-refractivity contribution in [3.05, 3.63) is 0 Å². The summed E-state index contributed by atoms with van der Waals surface area (Å²) in [5.41, 5.74) is 3.75. The van der Waals surface area contributed by atoms with Crippen molar-refractivity contribution >= 4 is 5.97 Å². The van der Waals surface area contributed by atoms with Gasteiger partial charge in [0.1, 0.15) is 0 Å². The Kier molecular flexibility index (Phi) is 6.76. The van der Waals surface area contributed by atoms with Crippen LogP contribution in [0.5, 0.6) is 0 Å². The molecule has 0 aromatic heterocycles. The topological polar surface area (TPSA) is 67.8 Å². The number of unbranched alkanes of at least 4 members (excludes halogenated alkanes) is 3. The van der Waals surface area contributed by atoms with E-state index < -0.39 is 5.97 Å². The van der Waals surface area contributed by atoms with Gasteiger partial charge in [0.05, 0.1) is 6.04 Å². The lowest BCUT2D eigenvalue weighted by Gasteiger charge is -2.08. The first-order valence-corrected chi connectivity index (χ1v) is 4.69. The zero-order valence-electron chi connectivity index (χ0n) is 7.84. The van der Waals surface area contributed by atoms with Gasteiger partial charge in [0, 0.05) is 12.4 Å².